The molecule has 21 heavy (non-hydrogen) atoms. The monoisotopic (exact) mass is 421 g/mol. The van der Waals surface area contributed by atoms with E-state index in [9.17, 15) is 13.6 Å². The molecule has 112 valence electrons. The van der Waals surface area contributed by atoms with Crippen LogP contribution in [0.5, 0.6) is 0 Å². The maximum absolute atomic E-state index is 11.7. The molecule has 9 nitrogen and oxygen atoms in total. The number of hydrogen-bond acceptors (Lipinski definition) is 7. The van der Waals surface area contributed by atoms with Crippen molar-refractivity contribution in [1.29, 1.82) is 5.26 Å². The van der Waals surface area contributed by atoms with E-state index >= 15 is 0 Å². The van der Waals surface area contributed by atoms with Crippen LogP contribution in [0.4, 0.5) is 0 Å². The molecule has 0 radical (unpaired) electrons. The van der Waals surface area contributed by atoms with E-state index in [-0.39, 0.29) is 19.6 Å². The topological polar surface area (TPSA) is 148 Å². The van der Waals surface area contributed by atoms with Gasteiger partial charge in [-0.15, -0.1) is 0 Å². The number of sulfonamides is 1. The number of nitriles is 1. The molecular formula is C10H8IN5O4S-2. The summed E-state index contributed by atoms with van der Waals surface area (Å²) < 4.78 is 24.7. The molecule has 0 spiro atoms. The molecule has 1 aromatic carbocycles. The number of primary sulfonamides is 1. The third-order valence-corrected chi connectivity index (χ3v) is 4.94. The third kappa shape index (κ3) is 3.75. The standard InChI is InChI=1S/C10H8IN5O4S/c12-4-7-5-14-15(6-7)9-2-1-8(11-16(17)18)3-10(9)21(13,19)20/h1-3,5-6,17H,(H2,13,19,20)/q-2. The molecule has 0 saturated carbocycles. The molecule has 0 bridgehead atoms. The van der Waals surface area contributed by atoms with Crippen molar-refractivity contribution in [3.63, 3.8) is 0 Å². The van der Waals surface area contributed by atoms with Crippen LogP contribution in [0.3, 0.4) is 0 Å². The fraction of sp³-hybridized carbons (Fsp3) is 0. The minimum absolute atomic E-state index is 0.155. The fourth-order valence-electron chi connectivity index (χ4n) is 1.55. The van der Waals surface area contributed by atoms with Crippen molar-refractivity contribution in [3.05, 3.63) is 44.9 Å². The van der Waals surface area contributed by atoms with Gasteiger partial charge in [0.05, 0.1) is 0 Å². The van der Waals surface area contributed by atoms with Crippen LogP contribution in [-0.4, -0.2) is 26.8 Å². The van der Waals surface area contributed by atoms with Crippen LogP contribution < -0.4 is 26.6 Å². The van der Waals surface area contributed by atoms with E-state index in [1.54, 1.807) is 0 Å². The van der Waals surface area contributed by atoms with Gasteiger partial charge < -0.3 is 0 Å². The molecule has 11 heteroatoms. The third-order valence-electron chi connectivity index (χ3n) is 2.36. The number of nitrogens with two attached hydrogens (primary N) is 1. The number of halogens is 1. The normalized spacial score (nSPS) is 11.8. The average Bonchev–Trinajstić information content (AvgIpc) is 2.85. The molecule has 0 amide bonds. The second-order valence-electron chi connectivity index (χ2n) is 3.75. The van der Waals surface area contributed by atoms with Crippen molar-refractivity contribution >= 4 is 10.0 Å². The summed E-state index contributed by atoms with van der Waals surface area (Å²) in [7, 11) is -4.07. The molecule has 0 saturated heterocycles. The summed E-state index contributed by atoms with van der Waals surface area (Å²) in [6.07, 6.45) is 2.63. The number of rotatable bonds is 4. The van der Waals surface area contributed by atoms with Crippen molar-refractivity contribution in [2.24, 2.45) is 5.14 Å². The summed E-state index contributed by atoms with van der Waals surface area (Å²) >= 11 is -1.45. The van der Waals surface area contributed by atoms with Gasteiger partial charge in [0.2, 0.25) is 0 Å². The first kappa shape index (κ1) is 15.8. The van der Waals surface area contributed by atoms with Crippen molar-refractivity contribution in [1.82, 2.24) is 13.2 Å². The molecule has 2 rings (SSSR count). The van der Waals surface area contributed by atoms with E-state index in [0.717, 1.165) is 0 Å². The number of benzene rings is 1. The Labute approximate surface area is 130 Å². The minimum atomic E-state index is -4.07. The van der Waals surface area contributed by atoms with Gasteiger partial charge in [-0.3, -0.25) is 0 Å². The van der Waals surface area contributed by atoms with E-state index in [4.69, 9.17) is 15.6 Å². The summed E-state index contributed by atoms with van der Waals surface area (Å²) in [5, 5.41) is 37.2. The zero-order valence-electron chi connectivity index (χ0n) is 10.2. The molecule has 0 aliphatic heterocycles. The summed E-state index contributed by atoms with van der Waals surface area (Å²) in [4.78, 5) is -0.242. The Morgan fingerprint density at radius 1 is 1.52 bits per heavy atom. The van der Waals surface area contributed by atoms with Crippen molar-refractivity contribution in [2.75, 3.05) is 0 Å². The van der Waals surface area contributed by atoms with Gasteiger partial charge in [0.1, 0.15) is 0 Å². The van der Waals surface area contributed by atoms with E-state index in [0.29, 0.717) is 3.57 Å². The zero-order valence-corrected chi connectivity index (χ0v) is 13.2. The van der Waals surface area contributed by atoms with Gasteiger partial charge >= 0.3 is 130 Å². The Morgan fingerprint density at radius 2 is 2.24 bits per heavy atom. The van der Waals surface area contributed by atoms with Gasteiger partial charge in [-0.1, -0.05) is 0 Å². The Morgan fingerprint density at radius 3 is 2.76 bits per heavy atom. The molecule has 1 aromatic heterocycles. The molecular weight excluding hydrogens is 413 g/mol. The van der Waals surface area contributed by atoms with E-state index in [2.05, 4.69) is 5.10 Å². The summed E-state index contributed by atoms with van der Waals surface area (Å²) in [5.74, 6) is 0. The first-order valence-electron chi connectivity index (χ1n) is 5.24. The van der Waals surface area contributed by atoms with E-state index < -0.39 is 31.5 Å². The fourth-order valence-corrected chi connectivity index (χ4v) is 3.78. The van der Waals surface area contributed by atoms with Gasteiger partial charge in [-0.2, -0.15) is 0 Å². The Bertz CT molecular complexity index is 811. The Balaban J connectivity index is 2.58. The Kier molecular flexibility index (Phi) is 4.56. The Hall–Kier alpha value is -1.56. The van der Waals surface area contributed by atoms with Gasteiger partial charge in [-0.05, 0) is 0 Å². The maximum atomic E-state index is 11.7. The predicted molar refractivity (Wildman–Crippen MR) is 65.3 cm³/mol. The van der Waals surface area contributed by atoms with Gasteiger partial charge in [0.15, 0.2) is 0 Å². The molecule has 0 aliphatic rings. The van der Waals surface area contributed by atoms with Crippen LogP contribution in [0.15, 0.2) is 35.5 Å². The van der Waals surface area contributed by atoms with Crippen LogP contribution in [0, 0.1) is 20.1 Å². The van der Waals surface area contributed by atoms with E-state index in [1.807, 2.05) is 6.07 Å². The van der Waals surface area contributed by atoms with Crippen molar-refractivity contribution in [3.8, 4) is 11.8 Å². The van der Waals surface area contributed by atoms with Crippen LogP contribution in [-0.2, 0) is 10.0 Å². The van der Waals surface area contributed by atoms with Crippen molar-refractivity contribution < 1.29 is 35.1 Å². The zero-order chi connectivity index (χ0) is 15.6. The molecule has 0 aliphatic carbocycles. The number of aromatic nitrogens is 2. The van der Waals surface area contributed by atoms with Crippen LogP contribution >= 0.6 is 0 Å². The summed E-state index contributed by atoms with van der Waals surface area (Å²) in [6, 6.07) is 5.99. The van der Waals surface area contributed by atoms with Gasteiger partial charge in [-0.25, -0.2) is 0 Å². The molecule has 2 aromatic rings. The molecule has 0 unspecified atom stereocenters. The second-order valence-corrected chi connectivity index (χ2v) is 7.84. The second kappa shape index (κ2) is 6.05. The molecule has 1 heterocycles. The predicted octanol–water partition coefficient (Wildman–Crippen LogP) is -3.25. The van der Waals surface area contributed by atoms with Gasteiger partial charge in [0.25, 0.3) is 0 Å². The quantitative estimate of drug-likeness (QED) is 0.299. The molecule has 0 atom stereocenters. The van der Waals surface area contributed by atoms with Crippen molar-refractivity contribution in [2.45, 2.75) is 4.90 Å². The number of nitrogens with zero attached hydrogens (tertiary/aromatic N) is 4. The first-order valence-corrected chi connectivity index (χ1v) is 8.83. The average molecular weight is 421 g/mol. The van der Waals surface area contributed by atoms with Crippen LogP contribution in [0.2, 0.25) is 0 Å². The van der Waals surface area contributed by atoms with Crippen LogP contribution in [0.1, 0.15) is 5.56 Å². The number of hydrogen-bond donors (Lipinski definition) is 2. The van der Waals surface area contributed by atoms with Crippen LogP contribution in [0.25, 0.3) is 5.69 Å². The summed E-state index contributed by atoms with van der Waals surface area (Å²) in [6.45, 7) is 0. The van der Waals surface area contributed by atoms with Gasteiger partial charge in [0, 0.05) is 0 Å². The first-order chi connectivity index (χ1) is 9.81. The summed E-state index contributed by atoms with van der Waals surface area (Å²) in [5.41, 5.74) is 0.412. The molecule has 3 N–H and O–H groups in total. The molecule has 0 fully saturated rings. The van der Waals surface area contributed by atoms with E-state index in [1.165, 1.54) is 35.3 Å². The SMILES string of the molecule is N#Cc1cnn(-c2ccc([I-]N([O-])O)cc2S(N)(=O)=O)c1.